The highest BCUT2D eigenvalue weighted by molar-refractivity contribution is 7.20. The molecule has 0 aliphatic rings. The fourth-order valence-electron chi connectivity index (χ4n) is 4.89. The first-order valence-electron chi connectivity index (χ1n) is 14.6. The fourth-order valence-corrected chi connectivity index (χ4v) is 5.96. The number of carbonyl (C=O) groups excluding carboxylic acids is 2. The van der Waals surface area contributed by atoms with Crippen LogP contribution >= 0.6 is 22.9 Å². The molecule has 2 heterocycles. The Kier molecular flexibility index (Phi) is 11.0. The molecule has 2 aromatic heterocycles. The van der Waals surface area contributed by atoms with Crippen molar-refractivity contribution in [2.24, 2.45) is 0 Å². The van der Waals surface area contributed by atoms with Crippen LogP contribution in [0.15, 0.2) is 91.3 Å². The number of Topliss-reactive ketones (excluding diaryl/α,β-unsaturated/α-hetero) is 1. The van der Waals surface area contributed by atoms with E-state index in [4.69, 9.17) is 11.6 Å². The Bertz CT molecular complexity index is 1710. The second kappa shape index (κ2) is 15.5. The Morgan fingerprint density at radius 1 is 0.891 bits per heavy atom. The number of aromatic nitrogens is 3. The number of amides is 2. The summed E-state index contributed by atoms with van der Waals surface area (Å²) in [7, 11) is 0. The van der Waals surface area contributed by atoms with Gasteiger partial charge in [0.15, 0.2) is 5.13 Å². The van der Waals surface area contributed by atoms with Crippen LogP contribution < -0.4 is 10.6 Å². The van der Waals surface area contributed by atoms with Crippen molar-refractivity contribution in [2.75, 3.05) is 30.3 Å². The largest absolute Gasteiger partial charge is 0.378 e. The lowest BCUT2D eigenvalue weighted by Gasteiger charge is -2.26. The molecule has 0 fully saturated rings. The van der Waals surface area contributed by atoms with E-state index in [1.54, 1.807) is 47.6 Å². The van der Waals surface area contributed by atoms with Crippen molar-refractivity contribution in [1.29, 1.82) is 0 Å². The monoisotopic (exact) mass is 660 g/mol. The second-order valence-electron chi connectivity index (χ2n) is 10.6. The molecule has 0 unspecified atom stereocenters. The van der Waals surface area contributed by atoms with E-state index in [0.29, 0.717) is 46.9 Å². The van der Waals surface area contributed by atoms with Crippen LogP contribution in [-0.4, -0.2) is 51.3 Å². The quantitative estimate of drug-likeness (QED) is 0.134. The molecule has 0 spiro atoms. The van der Waals surface area contributed by atoms with Crippen molar-refractivity contribution in [1.82, 2.24) is 19.9 Å². The number of ketones is 1. The van der Waals surface area contributed by atoms with Crippen LogP contribution in [0.3, 0.4) is 0 Å². The number of nitrogens with zero attached hydrogens (tertiary/aromatic N) is 4. The van der Waals surface area contributed by atoms with Crippen LogP contribution in [0.2, 0.25) is 4.34 Å². The zero-order valence-corrected chi connectivity index (χ0v) is 26.5. The van der Waals surface area contributed by atoms with Gasteiger partial charge in [-0.2, -0.15) is 0 Å². The average Bonchev–Trinajstić information content (AvgIpc) is 3.43. The second-order valence-corrected chi connectivity index (χ2v) is 12.2. The maximum atomic E-state index is 13.8. The van der Waals surface area contributed by atoms with Crippen LogP contribution in [0.1, 0.15) is 36.2 Å². The Hall–Kier alpha value is -4.74. The summed E-state index contributed by atoms with van der Waals surface area (Å²) in [6.45, 7) is 2.38. The SMILES string of the molecule is CC(=O)CNc1ccc(-c2nc(NC(=O)N(CCc3ncccn3)CCC(c3ccc(F)cc3)c3ccc(F)cc3)sc2Cl)cc1. The van der Waals surface area contributed by atoms with Gasteiger partial charge in [-0.15, -0.1) is 0 Å². The summed E-state index contributed by atoms with van der Waals surface area (Å²) < 4.78 is 27.9. The highest BCUT2D eigenvalue weighted by Crippen LogP contribution is 2.36. The Labute approximate surface area is 274 Å². The van der Waals surface area contributed by atoms with Gasteiger partial charge in [0.2, 0.25) is 0 Å². The number of urea groups is 1. The van der Waals surface area contributed by atoms with E-state index in [-0.39, 0.29) is 35.9 Å². The van der Waals surface area contributed by atoms with E-state index in [9.17, 15) is 18.4 Å². The summed E-state index contributed by atoms with van der Waals surface area (Å²) in [4.78, 5) is 39.8. The summed E-state index contributed by atoms with van der Waals surface area (Å²) >= 11 is 7.70. The molecule has 2 amide bonds. The maximum Gasteiger partial charge on any atom is 0.323 e. The van der Waals surface area contributed by atoms with Gasteiger partial charge in [0.1, 0.15) is 33.3 Å². The third-order valence-corrected chi connectivity index (χ3v) is 8.41. The van der Waals surface area contributed by atoms with Crippen LogP contribution in [0.25, 0.3) is 11.3 Å². The standard InChI is InChI=1S/C34H31ClF2N6O2S/c1-22(44)21-40-28-13-7-25(8-14-28)31-32(35)46-33(41-31)42-34(45)43(20-16-30-38-17-2-18-39-30)19-15-29(23-3-9-26(36)10-4-23)24-5-11-27(37)12-6-24/h2-14,17-18,29,40H,15-16,19-21H2,1H3,(H,41,42,45). The molecule has 5 aromatic rings. The lowest BCUT2D eigenvalue weighted by Crippen LogP contribution is -2.38. The maximum absolute atomic E-state index is 13.8. The van der Waals surface area contributed by atoms with Gasteiger partial charge >= 0.3 is 6.03 Å². The minimum Gasteiger partial charge on any atom is -0.378 e. The number of thiazole rings is 1. The number of hydrogen-bond donors (Lipinski definition) is 2. The van der Waals surface area contributed by atoms with Crippen molar-refractivity contribution >= 4 is 45.6 Å². The Morgan fingerprint density at radius 2 is 1.50 bits per heavy atom. The normalized spacial score (nSPS) is 11.0. The fraction of sp³-hybridized carbons (Fsp3) is 0.206. The molecule has 0 atom stereocenters. The molecule has 2 N–H and O–H groups in total. The van der Waals surface area contributed by atoms with Crippen molar-refractivity contribution in [3.63, 3.8) is 0 Å². The van der Waals surface area contributed by atoms with Crippen LogP contribution in [0, 0.1) is 11.6 Å². The molecule has 236 valence electrons. The highest BCUT2D eigenvalue weighted by Gasteiger charge is 2.22. The molecule has 0 radical (unpaired) electrons. The van der Waals surface area contributed by atoms with Gasteiger partial charge in [0.25, 0.3) is 0 Å². The number of hydrogen-bond acceptors (Lipinski definition) is 7. The summed E-state index contributed by atoms with van der Waals surface area (Å²) in [6.07, 6.45) is 4.20. The first-order valence-corrected chi connectivity index (χ1v) is 15.8. The third kappa shape index (κ3) is 8.92. The van der Waals surface area contributed by atoms with Gasteiger partial charge in [-0.25, -0.2) is 28.5 Å². The van der Waals surface area contributed by atoms with E-state index in [2.05, 4.69) is 25.6 Å². The van der Waals surface area contributed by atoms with Crippen molar-refractivity contribution < 1.29 is 18.4 Å². The van der Waals surface area contributed by atoms with Crippen molar-refractivity contribution in [3.05, 3.63) is 124 Å². The minimum atomic E-state index is -0.381. The van der Waals surface area contributed by atoms with E-state index in [0.717, 1.165) is 33.7 Å². The molecule has 46 heavy (non-hydrogen) atoms. The van der Waals surface area contributed by atoms with Gasteiger partial charge in [-0.1, -0.05) is 59.3 Å². The first-order chi connectivity index (χ1) is 22.2. The molecule has 0 bridgehead atoms. The number of rotatable bonds is 13. The average molecular weight is 661 g/mol. The molecule has 0 saturated carbocycles. The predicted molar refractivity (Wildman–Crippen MR) is 177 cm³/mol. The lowest BCUT2D eigenvalue weighted by molar-refractivity contribution is -0.115. The molecule has 5 rings (SSSR count). The summed E-state index contributed by atoms with van der Waals surface area (Å²) in [5.74, 6) is -0.313. The summed E-state index contributed by atoms with van der Waals surface area (Å²) in [5.41, 5.74) is 3.76. The van der Waals surface area contributed by atoms with Crippen LogP contribution in [-0.2, 0) is 11.2 Å². The smallest absolute Gasteiger partial charge is 0.323 e. The van der Waals surface area contributed by atoms with Crippen molar-refractivity contribution in [2.45, 2.75) is 25.7 Å². The van der Waals surface area contributed by atoms with Gasteiger partial charge in [-0.05, 0) is 66.9 Å². The zero-order chi connectivity index (χ0) is 32.5. The van der Waals surface area contributed by atoms with E-state index < -0.39 is 0 Å². The van der Waals surface area contributed by atoms with Gasteiger partial charge in [0.05, 0.1) is 6.54 Å². The molecule has 3 aromatic carbocycles. The number of nitrogens with one attached hydrogen (secondary N) is 2. The molecule has 0 aliphatic carbocycles. The molecule has 12 heteroatoms. The summed E-state index contributed by atoms with van der Waals surface area (Å²) in [6, 6.07) is 21.1. The van der Waals surface area contributed by atoms with Gasteiger partial charge in [-0.3, -0.25) is 10.1 Å². The van der Waals surface area contributed by atoms with Crippen molar-refractivity contribution in [3.8, 4) is 11.3 Å². The van der Waals surface area contributed by atoms with Crippen LogP contribution in [0.4, 0.5) is 24.4 Å². The topological polar surface area (TPSA) is 100 Å². The van der Waals surface area contributed by atoms with E-state index >= 15 is 0 Å². The number of halogens is 3. The number of carbonyl (C=O) groups is 2. The minimum absolute atomic E-state index is 0.0266. The van der Waals surface area contributed by atoms with Gasteiger partial charge < -0.3 is 10.2 Å². The van der Waals surface area contributed by atoms with Crippen LogP contribution in [0.5, 0.6) is 0 Å². The molecule has 0 saturated heterocycles. The highest BCUT2D eigenvalue weighted by atomic mass is 35.5. The predicted octanol–water partition coefficient (Wildman–Crippen LogP) is 7.83. The Balaban J connectivity index is 1.34. The third-order valence-electron chi connectivity index (χ3n) is 7.24. The van der Waals surface area contributed by atoms with Gasteiger partial charge in [0, 0.05) is 49.1 Å². The summed E-state index contributed by atoms with van der Waals surface area (Å²) in [5, 5.41) is 6.27. The molecular weight excluding hydrogens is 630 g/mol. The number of anilines is 2. The zero-order valence-electron chi connectivity index (χ0n) is 24.9. The number of benzene rings is 3. The molecular formula is C34H31ClF2N6O2S. The van der Waals surface area contributed by atoms with E-state index in [1.807, 2.05) is 24.3 Å². The molecule has 0 aliphatic heterocycles. The Morgan fingerprint density at radius 3 is 2.09 bits per heavy atom. The first kappa shape index (κ1) is 32.6. The van der Waals surface area contributed by atoms with E-state index in [1.165, 1.54) is 31.2 Å². The molecule has 8 nitrogen and oxygen atoms in total. The lowest BCUT2D eigenvalue weighted by atomic mass is 9.88.